The lowest BCUT2D eigenvalue weighted by atomic mass is 9.93. The van der Waals surface area contributed by atoms with E-state index in [1.165, 1.54) is 0 Å². The van der Waals surface area contributed by atoms with Crippen LogP contribution in [0.5, 0.6) is 0 Å². The van der Waals surface area contributed by atoms with E-state index in [9.17, 15) is 9.59 Å². The van der Waals surface area contributed by atoms with Crippen LogP contribution in [0, 0.1) is 17.8 Å². The molecule has 0 radical (unpaired) electrons. The second-order valence-corrected chi connectivity index (χ2v) is 6.84. The van der Waals surface area contributed by atoms with E-state index in [1.54, 1.807) is 0 Å². The first-order valence-electron chi connectivity index (χ1n) is 8.55. The molecular weight excluding hydrogens is 280 g/mol. The summed E-state index contributed by atoms with van der Waals surface area (Å²) in [7, 11) is 0. The molecule has 0 unspecified atom stereocenters. The highest BCUT2D eigenvalue weighted by Gasteiger charge is 2.33. The smallest absolute Gasteiger partial charge is 0.323 e. The van der Waals surface area contributed by atoms with Crippen LogP contribution in [0.3, 0.4) is 0 Å². The summed E-state index contributed by atoms with van der Waals surface area (Å²) >= 11 is 0. The molecule has 1 amide bonds. The summed E-state index contributed by atoms with van der Waals surface area (Å²) in [4.78, 5) is 26.2. The summed E-state index contributed by atoms with van der Waals surface area (Å²) in [5, 5.41) is 3.01. The summed E-state index contributed by atoms with van der Waals surface area (Å²) in [5.74, 6) is 0.630. The molecule has 0 aromatic carbocycles. The van der Waals surface area contributed by atoms with Gasteiger partial charge in [-0.2, -0.15) is 0 Å². The predicted octanol–water partition coefficient (Wildman–Crippen LogP) is 2.06. The van der Waals surface area contributed by atoms with Crippen molar-refractivity contribution in [2.24, 2.45) is 17.8 Å². The maximum absolute atomic E-state index is 12.2. The minimum Gasteiger partial charge on any atom is -0.465 e. The Morgan fingerprint density at radius 1 is 1.27 bits per heavy atom. The average Bonchev–Trinajstić information content (AvgIpc) is 2.45. The molecule has 0 aromatic heterocycles. The lowest BCUT2D eigenvalue weighted by Gasteiger charge is -2.38. The Kier molecular flexibility index (Phi) is 7.87. The first-order valence-corrected chi connectivity index (χ1v) is 8.55. The van der Waals surface area contributed by atoms with Gasteiger partial charge in [0.15, 0.2) is 0 Å². The van der Waals surface area contributed by atoms with Crippen molar-refractivity contribution >= 4 is 11.9 Å². The van der Waals surface area contributed by atoms with Crippen LogP contribution in [-0.4, -0.2) is 49.1 Å². The van der Waals surface area contributed by atoms with Crippen LogP contribution in [0.1, 0.15) is 47.5 Å². The summed E-state index contributed by atoms with van der Waals surface area (Å²) in [6.45, 7) is 12.7. The van der Waals surface area contributed by atoms with E-state index in [4.69, 9.17) is 4.74 Å². The molecule has 1 rings (SSSR count). The molecule has 0 aromatic rings. The number of nitrogens with zero attached hydrogens (tertiary/aromatic N) is 1. The normalized spacial score (nSPS) is 21.0. The number of hydrogen-bond donors (Lipinski definition) is 1. The molecule has 1 aliphatic rings. The van der Waals surface area contributed by atoms with Crippen LogP contribution >= 0.6 is 0 Å². The maximum Gasteiger partial charge on any atom is 0.323 e. The Labute approximate surface area is 134 Å². The highest BCUT2D eigenvalue weighted by atomic mass is 16.5. The van der Waals surface area contributed by atoms with Crippen LogP contribution < -0.4 is 5.32 Å². The van der Waals surface area contributed by atoms with E-state index in [-0.39, 0.29) is 29.8 Å². The predicted molar refractivity (Wildman–Crippen MR) is 87.4 cm³/mol. The summed E-state index contributed by atoms with van der Waals surface area (Å²) in [5.41, 5.74) is 0. The molecule has 0 bridgehead atoms. The first-order chi connectivity index (χ1) is 10.4. The molecule has 1 saturated heterocycles. The third-order valence-corrected chi connectivity index (χ3v) is 4.19. The average molecular weight is 312 g/mol. The number of esters is 1. The second-order valence-electron chi connectivity index (χ2n) is 6.84. The largest absolute Gasteiger partial charge is 0.465 e. The minimum atomic E-state index is -0.177. The quantitative estimate of drug-likeness (QED) is 0.731. The third kappa shape index (κ3) is 5.59. The van der Waals surface area contributed by atoms with Crippen molar-refractivity contribution < 1.29 is 14.3 Å². The van der Waals surface area contributed by atoms with Crippen molar-refractivity contribution in [3.63, 3.8) is 0 Å². The van der Waals surface area contributed by atoms with Gasteiger partial charge in [-0.3, -0.25) is 14.5 Å². The number of rotatable bonds is 7. The zero-order valence-corrected chi connectivity index (χ0v) is 14.7. The van der Waals surface area contributed by atoms with Crippen molar-refractivity contribution in [1.29, 1.82) is 0 Å². The van der Waals surface area contributed by atoms with E-state index in [2.05, 4.69) is 24.1 Å². The fourth-order valence-corrected chi connectivity index (χ4v) is 3.04. The van der Waals surface area contributed by atoms with Crippen LogP contribution in [0.4, 0.5) is 0 Å². The van der Waals surface area contributed by atoms with Gasteiger partial charge in [-0.15, -0.1) is 0 Å². The Bertz CT molecular complexity index is 369. The van der Waals surface area contributed by atoms with Gasteiger partial charge >= 0.3 is 5.97 Å². The lowest BCUT2D eigenvalue weighted by molar-refractivity contribution is -0.152. The fourth-order valence-electron chi connectivity index (χ4n) is 3.04. The summed E-state index contributed by atoms with van der Waals surface area (Å²) < 4.78 is 5.23. The molecule has 5 heteroatoms. The monoisotopic (exact) mass is 312 g/mol. The lowest BCUT2D eigenvalue weighted by Crippen LogP contribution is -2.51. The van der Waals surface area contributed by atoms with E-state index in [0.717, 1.165) is 25.9 Å². The molecule has 1 aliphatic heterocycles. The molecule has 5 nitrogen and oxygen atoms in total. The first kappa shape index (κ1) is 18.9. The molecule has 0 aliphatic carbocycles. The number of carbonyl (C=O) groups excluding carboxylic acids is 2. The Morgan fingerprint density at radius 2 is 1.95 bits per heavy atom. The molecule has 1 N–H and O–H groups in total. The highest BCUT2D eigenvalue weighted by molar-refractivity contribution is 5.77. The molecule has 22 heavy (non-hydrogen) atoms. The van der Waals surface area contributed by atoms with Gasteiger partial charge in [0.1, 0.15) is 6.04 Å². The van der Waals surface area contributed by atoms with Gasteiger partial charge in [0.05, 0.1) is 6.61 Å². The van der Waals surface area contributed by atoms with Gasteiger partial charge in [0.25, 0.3) is 0 Å². The fraction of sp³-hybridized carbons (Fsp3) is 0.882. The number of likely N-dealkylation sites (tertiary alicyclic amines) is 1. The number of ether oxygens (including phenoxy) is 1. The molecule has 1 fully saturated rings. The van der Waals surface area contributed by atoms with E-state index < -0.39 is 0 Å². The zero-order chi connectivity index (χ0) is 16.7. The standard InChI is InChI=1S/C17H32N2O3/c1-6-22-17(21)15(12(2)3)19-9-7-8-14(11-19)10-18-16(20)13(4)5/h12-15H,6-11H2,1-5H3,(H,18,20)/t14-,15-/m0/s1. The summed E-state index contributed by atoms with van der Waals surface area (Å²) in [6, 6.07) is -0.177. The molecule has 0 saturated carbocycles. The van der Waals surface area contributed by atoms with Gasteiger partial charge in [-0.1, -0.05) is 27.7 Å². The van der Waals surface area contributed by atoms with Crippen molar-refractivity contribution in [2.45, 2.75) is 53.5 Å². The van der Waals surface area contributed by atoms with Crippen LogP contribution in [0.25, 0.3) is 0 Å². The van der Waals surface area contributed by atoms with Crippen molar-refractivity contribution in [3.8, 4) is 0 Å². The number of carbonyl (C=O) groups is 2. The van der Waals surface area contributed by atoms with Crippen LogP contribution in [0.2, 0.25) is 0 Å². The maximum atomic E-state index is 12.2. The zero-order valence-electron chi connectivity index (χ0n) is 14.7. The van der Waals surface area contributed by atoms with Crippen LogP contribution in [-0.2, 0) is 14.3 Å². The minimum absolute atomic E-state index is 0.0163. The van der Waals surface area contributed by atoms with Crippen molar-refractivity contribution in [1.82, 2.24) is 10.2 Å². The Balaban J connectivity index is 2.59. The number of amides is 1. The number of hydrogen-bond acceptors (Lipinski definition) is 4. The van der Waals surface area contributed by atoms with Gasteiger partial charge in [-0.25, -0.2) is 0 Å². The molecule has 0 spiro atoms. The number of piperidine rings is 1. The Morgan fingerprint density at radius 3 is 2.50 bits per heavy atom. The van der Waals surface area contributed by atoms with Gasteiger partial charge in [0, 0.05) is 19.0 Å². The van der Waals surface area contributed by atoms with Gasteiger partial charge in [-0.05, 0) is 38.1 Å². The molecular formula is C17H32N2O3. The van der Waals surface area contributed by atoms with E-state index >= 15 is 0 Å². The SMILES string of the molecule is CCOC(=O)[C@H](C(C)C)N1CCC[C@@H](CNC(=O)C(C)C)C1. The molecule has 1 heterocycles. The van der Waals surface area contributed by atoms with Gasteiger partial charge in [0.2, 0.25) is 5.91 Å². The Hall–Kier alpha value is -1.10. The third-order valence-electron chi connectivity index (χ3n) is 4.19. The van der Waals surface area contributed by atoms with Crippen LogP contribution in [0.15, 0.2) is 0 Å². The summed E-state index contributed by atoms with van der Waals surface area (Å²) in [6.07, 6.45) is 2.16. The molecule has 128 valence electrons. The highest BCUT2D eigenvalue weighted by Crippen LogP contribution is 2.22. The van der Waals surface area contributed by atoms with E-state index in [0.29, 0.717) is 19.1 Å². The topological polar surface area (TPSA) is 58.6 Å². The van der Waals surface area contributed by atoms with Crippen molar-refractivity contribution in [2.75, 3.05) is 26.2 Å². The second kappa shape index (κ2) is 9.13. The number of nitrogens with one attached hydrogen (secondary N) is 1. The van der Waals surface area contributed by atoms with Crippen molar-refractivity contribution in [3.05, 3.63) is 0 Å². The van der Waals surface area contributed by atoms with E-state index in [1.807, 2.05) is 20.8 Å². The van der Waals surface area contributed by atoms with Gasteiger partial charge < -0.3 is 10.1 Å². The molecule has 2 atom stereocenters.